The fraction of sp³-hybridized carbons (Fsp3) is 0.583. The molecule has 1 unspecified atom stereocenters. The Bertz CT molecular complexity index is 562. The van der Waals surface area contributed by atoms with Gasteiger partial charge in [-0.1, -0.05) is 11.6 Å². The van der Waals surface area contributed by atoms with E-state index in [4.69, 9.17) is 16.3 Å². The number of aryl methyl sites for hydroxylation is 2. The molecule has 3 rings (SSSR count). The lowest BCUT2D eigenvalue weighted by Gasteiger charge is -2.08. The Hall–Kier alpha value is -1.20. The van der Waals surface area contributed by atoms with Crippen LogP contribution in [0.1, 0.15) is 30.9 Å². The van der Waals surface area contributed by atoms with Crippen molar-refractivity contribution in [3.8, 4) is 0 Å². The van der Waals surface area contributed by atoms with Crippen molar-refractivity contribution in [1.82, 2.24) is 19.6 Å². The first-order chi connectivity index (χ1) is 8.74. The molecule has 0 aliphatic carbocycles. The summed E-state index contributed by atoms with van der Waals surface area (Å²) in [5.74, 6) is 1.76. The second-order valence-electron chi connectivity index (χ2n) is 4.61. The molecule has 1 atom stereocenters. The Labute approximate surface area is 110 Å². The quantitative estimate of drug-likeness (QED) is 0.799. The van der Waals surface area contributed by atoms with Crippen LogP contribution in [0.4, 0.5) is 0 Å². The van der Waals surface area contributed by atoms with Crippen LogP contribution in [0.15, 0.2) is 6.07 Å². The van der Waals surface area contributed by atoms with Gasteiger partial charge in [0.2, 0.25) is 0 Å². The summed E-state index contributed by atoms with van der Waals surface area (Å²) < 4.78 is 7.58. The van der Waals surface area contributed by atoms with E-state index >= 15 is 0 Å². The second kappa shape index (κ2) is 4.82. The van der Waals surface area contributed by atoms with E-state index in [1.54, 1.807) is 6.07 Å². The number of halogens is 1. The van der Waals surface area contributed by atoms with Gasteiger partial charge in [0, 0.05) is 19.1 Å². The van der Waals surface area contributed by atoms with Crippen molar-refractivity contribution in [3.05, 3.63) is 22.9 Å². The van der Waals surface area contributed by atoms with Crippen LogP contribution in [0.2, 0.25) is 5.15 Å². The standard InChI is InChI=1S/C12H15ClN4O/c1-8-14-10(13)7-12-16-15-11(17(8)12)5-4-9-3-2-6-18-9/h7,9H,2-6H2,1H3. The molecule has 0 saturated carbocycles. The minimum Gasteiger partial charge on any atom is -0.378 e. The molecule has 2 aromatic rings. The molecule has 0 aromatic carbocycles. The average molecular weight is 267 g/mol. The normalized spacial score (nSPS) is 19.8. The molecule has 5 nitrogen and oxygen atoms in total. The molecule has 0 N–H and O–H groups in total. The van der Waals surface area contributed by atoms with Gasteiger partial charge in [0.1, 0.15) is 16.8 Å². The number of aromatic nitrogens is 4. The molecule has 1 saturated heterocycles. The number of hydrogen-bond donors (Lipinski definition) is 0. The summed E-state index contributed by atoms with van der Waals surface area (Å²) >= 11 is 5.90. The number of nitrogens with zero attached hydrogens (tertiary/aromatic N) is 4. The average Bonchev–Trinajstić information content (AvgIpc) is 2.94. The van der Waals surface area contributed by atoms with Gasteiger partial charge in [-0.3, -0.25) is 4.40 Å². The zero-order chi connectivity index (χ0) is 12.5. The van der Waals surface area contributed by atoms with Crippen LogP contribution in [0, 0.1) is 6.92 Å². The molecule has 1 aliphatic rings. The third kappa shape index (κ3) is 2.20. The minimum atomic E-state index is 0.373. The third-order valence-corrected chi connectivity index (χ3v) is 3.50. The highest BCUT2D eigenvalue weighted by Gasteiger charge is 2.17. The topological polar surface area (TPSA) is 52.3 Å². The third-order valence-electron chi connectivity index (χ3n) is 3.31. The molecule has 1 fully saturated rings. The highest BCUT2D eigenvalue weighted by atomic mass is 35.5. The smallest absolute Gasteiger partial charge is 0.165 e. The molecule has 2 aromatic heterocycles. The molecule has 0 radical (unpaired) electrons. The molecule has 0 bridgehead atoms. The van der Waals surface area contributed by atoms with E-state index in [-0.39, 0.29) is 0 Å². The van der Waals surface area contributed by atoms with Crippen molar-refractivity contribution >= 4 is 17.2 Å². The van der Waals surface area contributed by atoms with Crippen LogP contribution in [0.3, 0.4) is 0 Å². The first-order valence-corrected chi connectivity index (χ1v) is 6.60. The molecule has 1 aliphatic heterocycles. The van der Waals surface area contributed by atoms with Gasteiger partial charge in [-0.2, -0.15) is 0 Å². The predicted molar refractivity (Wildman–Crippen MR) is 67.8 cm³/mol. The van der Waals surface area contributed by atoms with Gasteiger partial charge in [0.25, 0.3) is 0 Å². The van der Waals surface area contributed by atoms with E-state index in [1.165, 1.54) is 6.42 Å². The van der Waals surface area contributed by atoms with Gasteiger partial charge in [0.15, 0.2) is 5.65 Å². The van der Waals surface area contributed by atoms with Crippen molar-refractivity contribution in [3.63, 3.8) is 0 Å². The number of fused-ring (bicyclic) bond motifs is 1. The van der Waals surface area contributed by atoms with Crippen molar-refractivity contribution in [2.75, 3.05) is 6.61 Å². The van der Waals surface area contributed by atoms with Gasteiger partial charge >= 0.3 is 0 Å². The van der Waals surface area contributed by atoms with E-state index < -0.39 is 0 Å². The predicted octanol–water partition coefficient (Wildman–Crippen LogP) is 2.20. The lowest BCUT2D eigenvalue weighted by Crippen LogP contribution is -2.09. The SMILES string of the molecule is Cc1nc(Cl)cc2nnc(CCC3CCCO3)n12. The molecule has 6 heteroatoms. The lowest BCUT2D eigenvalue weighted by atomic mass is 10.1. The summed E-state index contributed by atoms with van der Waals surface area (Å²) in [6, 6.07) is 1.73. The van der Waals surface area contributed by atoms with E-state index in [0.717, 1.165) is 43.2 Å². The van der Waals surface area contributed by atoms with E-state index in [0.29, 0.717) is 11.3 Å². The highest BCUT2D eigenvalue weighted by molar-refractivity contribution is 6.29. The summed E-state index contributed by atoms with van der Waals surface area (Å²) in [7, 11) is 0. The molecule has 0 spiro atoms. The Morgan fingerprint density at radius 1 is 1.50 bits per heavy atom. The van der Waals surface area contributed by atoms with E-state index in [1.807, 2.05) is 11.3 Å². The minimum absolute atomic E-state index is 0.373. The van der Waals surface area contributed by atoms with Gasteiger partial charge in [0.05, 0.1) is 6.10 Å². The Morgan fingerprint density at radius 2 is 2.39 bits per heavy atom. The summed E-state index contributed by atoms with van der Waals surface area (Å²) in [5, 5.41) is 8.81. The van der Waals surface area contributed by atoms with Crippen LogP contribution in [-0.2, 0) is 11.2 Å². The number of ether oxygens (including phenoxy) is 1. The van der Waals surface area contributed by atoms with Gasteiger partial charge < -0.3 is 4.74 Å². The first-order valence-electron chi connectivity index (χ1n) is 6.23. The molecular weight excluding hydrogens is 252 g/mol. The van der Waals surface area contributed by atoms with Crippen molar-refractivity contribution in [2.45, 2.75) is 38.7 Å². The lowest BCUT2D eigenvalue weighted by molar-refractivity contribution is 0.104. The van der Waals surface area contributed by atoms with Crippen molar-refractivity contribution in [1.29, 1.82) is 0 Å². The summed E-state index contributed by atoms with van der Waals surface area (Å²) in [6.07, 6.45) is 4.54. The molecule has 0 amide bonds. The molecule has 96 valence electrons. The van der Waals surface area contributed by atoms with Crippen LogP contribution in [0.5, 0.6) is 0 Å². The second-order valence-corrected chi connectivity index (χ2v) is 5.00. The van der Waals surface area contributed by atoms with E-state index in [9.17, 15) is 0 Å². The highest BCUT2D eigenvalue weighted by Crippen LogP contribution is 2.18. The van der Waals surface area contributed by atoms with Crippen molar-refractivity contribution < 1.29 is 4.74 Å². The summed E-state index contributed by atoms with van der Waals surface area (Å²) in [6.45, 7) is 2.80. The summed E-state index contributed by atoms with van der Waals surface area (Å²) in [5.41, 5.74) is 0.759. The zero-order valence-corrected chi connectivity index (χ0v) is 11.0. The number of rotatable bonds is 3. The van der Waals surface area contributed by atoms with Gasteiger partial charge in [-0.05, 0) is 26.2 Å². The largest absolute Gasteiger partial charge is 0.378 e. The summed E-state index contributed by atoms with van der Waals surface area (Å²) in [4.78, 5) is 4.23. The van der Waals surface area contributed by atoms with Crippen LogP contribution < -0.4 is 0 Å². The molecular formula is C12H15ClN4O. The monoisotopic (exact) mass is 266 g/mol. The van der Waals surface area contributed by atoms with Crippen LogP contribution >= 0.6 is 11.6 Å². The van der Waals surface area contributed by atoms with Gasteiger partial charge in [-0.25, -0.2) is 4.98 Å². The fourth-order valence-corrected chi connectivity index (χ4v) is 2.66. The Morgan fingerprint density at radius 3 is 3.17 bits per heavy atom. The van der Waals surface area contributed by atoms with Crippen LogP contribution in [-0.4, -0.2) is 32.3 Å². The van der Waals surface area contributed by atoms with E-state index in [2.05, 4.69) is 15.2 Å². The van der Waals surface area contributed by atoms with Crippen molar-refractivity contribution in [2.24, 2.45) is 0 Å². The molecule has 18 heavy (non-hydrogen) atoms. The maximum Gasteiger partial charge on any atom is 0.165 e. The van der Waals surface area contributed by atoms with Crippen LogP contribution in [0.25, 0.3) is 5.65 Å². The molecule has 3 heterocycles. The maximum absolute atomic E-state index is 5.90. The maximum atomic E-state index is 5.90. The first kappa shape index (κ1) is 11.9. The Balaban J connectivity index is 1.83. The number of hydrogen-bond acceptors (Lipinski definition) is 4. The van der Waals surface area contributed by atoms with Gasteiger partial charge in [-0.15, -0.1) is 10.2 Å². The zero-order valence-electron chi connectivity index (χ0n) is 10.3. The Kier molecular flexibility index (Phi) is 3.18. The fourth-order valence-electron chi connectivity index (χ4n) is 2.44.